The molecule has 0 spiro atoms. The molecule has 0 unspecified atom stereocenters. The average molecular weight is 399 g/mol. The van der Waals surface area contributed by atoms with Crippen molar-refractivity contribution in [2.45, 2.75) is 13.3 Å². The number of hydrazine groups is 1. The van der Waals surface area contributed by atoms with Crippen molar-refractivity contribution in [3.8, 4) is 0 Å². The van der Waals surface area contributed by atoms with Gasteiger partial charge in [-0.1, -0.05) is 23.4 Å². The van der Waals surface area contributed by atoms with Gasteiger partial charge in [-0.25, -0.2) is 10.0 Å². The zero-order valence-corrected chi connectivity index (χ0v) is 15.9. The summed E-state index contributed by atoms with van der Waals surface area (Å²) in [7, 11) is 0. The number of benzene rings is 1. The summed E-state index contributed by atoms with van der Waals surface area (Å²) in [6.07, 6.45) is 0.620. The van der Waals surface area contributed by atoms with Gasteiger partial charge in [0.2, 0.25) is 5.91 Å². The van der Waals surface area contributed by atoms with E-state index in [0.717, 1.165) is 0 Å². The second-order valence-electron chi connectivity index (χ2n) is 6.45. The highest BCUT2D eigenvalue weighted by Crippen LogP contribution is 2.15. The second-order valence-corrected chi connectivity index (χ2v) is 6.45. The summed E-state index contributed by atoms with van der Waals surface area (Å²) in [6.45, 7) is 1.85. The van der Waals surface area contributed by atoms with Crippen molar-refractivity contribution in [3.63, 3.8) is 0 Å². The van der Waals surface area contributed by atoms with Crippen molar-refractivity contribution in [1.82, 2.24) is 25.8 Å². The third kappa shape index (κ3) is 4.98. The van der Waals surface area contributed by atoms with Gasteiger partial charge in [0.15, 0.2) is 5.69 Å². The number of amides is 4. The van der Waals surface area contributed by atoms with Gasteiger partial charge in [0.25, 0.3) is 17.7 Å². The van der Waals surface area contributed by atoms with Gasteiger partial charge in [-0.05, 0) is 25.5 Å². The van der Waals surface area contributed by atoms with Crippen molar-refractivity contribution in [1.29, 1.82) is 0 Å². The maximum absolute atomic E-state index is 12.5. The molecule has 10 nitrogen and oxygen atoms in total. The number of nitrogens with zero attached hydrogens (tertiary/aromatic N) is 3. The van der Waals surface area contributed by atoms with Gasteiger partial charge < -0.3 is 15.2 Å². The molecule has 0 atom stereocenters. The summed E-state index contributed by atoms with van der Waals surface area (Å²) in [5.41, 5.74) is 0.556. The quantitative estimate of drug-likeness (QED) is 0.711. The third-order valence-corrected chi connectivity index (χ3v) is 4.28. The fourth-order valence-electron chi connectivity index (χ4n) is 2.86. The number of hydrogen-bond acceptors (Lipinski definition) is 6. The fraction of sp³-hybridized carbons (Fsp3) is 0.316. The molecule has 10 heteroatoms. The molecule has 1 saturated heterocycles. The van der Waals surface area contributed by atoms with E-state index in [1.54, 1.807) is 37.3 Å². The molecule has 29 heavy (non-hydrogen) atoms. The number of nitrogens with one attached hydrogen (secondary N) is 2. The maximum Gasteiger partial charge on any atom is 0.294 e. The molecule has 0 bridgehead atoms. The van der Waals surface area contributed by atoms with Gasteiger partial charge in [-0.2, -0.15) is 0 Å². The van der Waals surface area contributed by atoms with Crippen LogP contribution in [-0.2, 0) is 9.59 Å². The Bertz CT molecular complexity index is 911. The molecular weight excluding hydrogens is 378 g/mol. The second kappa shape index (κ2) is 9.00. The molecule has 1 fully saturated rings. The van der Waals surface area contributed by atoms with Gasteiger partial charge in [0.1, 0.15) is 5.76 Å². The molecule has 0 saturated carbocycles. The topological polar surface area (TPSA) is 125 Å². The number of carbonyl (C=O) groups excluding carboxylic acids is 4. The van der Waals surface area contributed by atoms with Crippen molar-refractivity contribution < 1.29 is 23.7 Å². The number of aryl methyl sites for hydroxylation is 1. The Morgan fingerprint density at radius 3 is 2.45 bits per heavy atom. The van der Waals surface area contributed by atoms with Gasteiger partial charge in [0, 0.05) is 24.7 Å². The van der Waals surface area contributed by atoms with Crippen LogP contribution in [0.1, 0.15) is 33.0 Å². The van der Waals surface area contributed by atoms with E-state index >= 15 is 0 Å². The van der Waals surface area contributed by atoms with Crippen molar-refractivity contribution in [2.75, 3.05) is 26.2 Å². The molecule has 152 valence electrons. The molecule has 3 rings (SSSR count). The molecular formula is C19H21N5O5. The first-order valence-corrected chi connectivity index (χ1v) is 9.11. The zero-order chi connectivity index (χ0) is 20.8. The molecule has 1 aromatic heterocycles. The lowest BCUT2D eigenvalue weighted by Gasteiger charge is -2.27. The number of hydrogen-bond donors (Lipinski definition) is 2. The van der Waals surface area contributed by atoms with Crippen LogP contribution >= 0.6 is 0 Å². The Morgan fingerprint density at radius 1 is 1.03 bits per heavy atom. The van der Waals surface area contributed by atoms with E-state index in [9.17, 15) is 19.2 Å². The van der Waals surface area contributed by atoms with Crippen LogP contribution in [0.4, 0.5) is 0 Å². The molecule has 0 aliphatic carbocycles. The summed E-state index contributed by atoms with van der Waals surface area (Å²) in [5, 5.41) is 11.2. The van der Waals surface area contributed by atoms with Gasteiger partial charge in [-0.3, -0.25) is 19.2 Å². The summed E-state index contributed by atoms with van der Waals surface area (Å²) < 4.78 is 4.91. The Labute approximate surface area is 166 Å². The first-order chi connectivity index (χ1) is 14.0. The highest BCUT2D eigenvalue weighted by molar-refractivity contribution is 5.97. The predicted octanol–water partition coefficient (Wildman–Crippen LogP) is 0.119. The average Bonchev–Trinajstić information content (AvgIpc) is 3.39. The Hall–Kier alpha value is -3.69. The minimum atomic E-state index is -0.508. The van der Waals surface area contributed by atoms with Gasteiger partial charge >= 0.3 is 0 Å². The van der Waals surface area contributed by atoms with Crippen molar-refractivity contribution in [2.24, 2.45) is 0 Å². The van der Waals surface area contributed by atoms with E-state index < -0.39 is 17.7 Å². The van der Waals surface area contributed by atoms with Crippen LogP contribution in [0.15, 0.2) is 40.9 Å². The number of aromatic nitrogens is 1. The summed E-state index contributed by atoms with van der Waals surface area (Å²) >= 11 is 0. The Morgan fingerprint density at radius 2 is 1.76 bits per heavy atom. The summed E-state index contributed by atoms with van der Waals surface area (Å²) in [4.78, 5) is 48.8. The number of rotatable bonds is 6. The van der Waals surface area contributed by atoms with E-state index in [1.165, 1.54) is 16.1 Å². The van der Waals surface area contributed by atoms with Crippen molar-refractivity contribution >= 4 is 23.6 Å². The number of carbonyl (C=O) groups is 4. The van der Waals surface area contributed by atoms with Crippen molar-refractivity contribution in [3.05, 3.63) is 53.4 Å². The molecule has 2 N–H and O–H groups in total. The van der Waals surface area contributed by atoms with Crippen LogP contribution in [0.2, 0.25) is 0 Å². The highest BCUT2D eigenvalue weighted by Gasteiger charge is 2.32. The standard InChI is InChI=1S/C19H21N5O5/c1-13-10-15(22-29-13)19(28)24-9-5-8-23(24)17(26)12-20-16(25)11-21-18(27)14-6-3-2-4-7-14/h2-4,6-7,10H,5,8-9,11-12H2,1H3,(H,20,25)(H,21,27). The Kier molecular flexibility index (Phi) is 6.22. The first kappa shape index (κ1) is 20.1. The minimum Gasteiger partial charge on any atom is -0.361 e. The smallest absolute Gasteiger partial charge is 0.294 e. The minimum absolute atomic E-state index is 0.120. The molecule has 2 aromatic rings. The normalized spacial score (nSPS) is 13.3. The lowest BCUT2D eigenvalue weighted by atomic mass is 10.2. The summed E-state index contributed by atoms with van der Waals surface area (Å²) in [6, 6.07) is 9.98. The largest absolute Gasteiger partial charge is 0.361 e. The molecule has 1 aliphatic heterocycles. The fourth-order valence-corrected chi connectivity index (χ4v) is 2.86. The third-order valence-electron chi connectivity index (χ3n) is 4.28. The van der Waals surface area contributed by atoms with E-state index in [0.29, 0.717) is 30.8 Å². The molecule has 2 heterocycles. The highest BCUT2D eigenvalue weighted by atomic mass is 16.5. The molecule has 4 amide bonds. The SMILES string of the molecule is Cc1cc(C(=O)N2CCCN2C(=O)CNC(=O)CNC(=O)c2ccccc2)no1. The van der Waals surface area contributed by atoms with E-state index in [2.05, 4.69) is 15.8 Å². The zero-order valence-electron chi connectivity index (χ0n) is 15.9. The summed E-state index contributed by atoms with van der Waals surface area (Å²) in [5.74, 6) is -1.26. The van der Waals surface area contributed by atoms with Crippen LogP contribution in [0.5, 0.6) is 0 Å². The predicted molar refractivity (Wildman–Crippen MR) is 100 cm³/mol. The van der Waals surface area contributed by atoms with Crippen LogP contribution in [0.3, 0.4) is 0 Å². The maximum atomic E-state index is 12.5. The first-order valence-electron chi connectivity index (χ1n) is 9.11. The van der Waals surface area contributed by atoms with Crippen LogP contribution in [0, 0.1) is 6.92 Å². The van der Waals surface area contributed by atoms with E-state index in [-0.39, 0.29) is 24.7 Å². The van der Waals surface area contributed by atoms with Gasteiger partial charge in [0.05, 0.1) is 13.1 Å². The van der Waals surface area contributed by atoms with E-state index in [1.807, 2.05) is 0 Å². The lowest BCUT2D eigenvalue weighted by molar-refractivity contribution is -0.140. The van der Waals surface area contributed by atoms with Crippen LogP contribution in [0.25, 0.3) is 0 Å². The Balaban J connectivity index is 1.47. The van der Waals surface area contributed by atoms with Gasteiger partial charge in [-0.15, -0.1) is 0 Å². The lowest BCUT2D eigenvalue weighted by Crippen LogP contribution is -2.49. The molecule has 1 aliphatic rings. The molecule has 0 radical (unpaired) electrons. The molecule has 1 aromatic carbocycles. The van der Waals surface area contributed by atoms with Crippen LogP contribution in [-0.4, -0.2) is 65.0 Å². The monoisotopic (exact) mass is 399 g/mol. The van der Waals surface area contributed by atoms with E-state index in [4.69, 9.17) is 4.52 Å². The van der Waals surface area contributed by atoms with Crippen LogP contribution < -0.4 is 10.6 Å².